The Hall–Kier alpha value is -1.06. The topological polar surface area (TPSA) is 18.5 Å². The normalized spacial score (nSPS) is 17.4. The van der Waals surface area contributed by atoms with E-state index in [1.165, 1.54) is 42.7 Å². The summed E-state index contributed by atoms with van der Waals surface area (Å²) < 4.78 is 0. The van der Waals surface area contributed by atoms with E-state index in [0.29, 0.717) is 12.1 Å². The summed E-state index contributed by atoms with van der Waals surface area (Å²) in [7, 11) is 4.49. The lowest BCUT2D eigenvalue weighted by Crippen LogP contribution is -2.42. The molecule has 3 nitrogen and oxygen atoms in total. The van der Waals surface area contributed by atoms with Crippen LogP contribution < -0.4 is 10.2 Å². The van der Waals surface area contributed by atoms with E-state index < -0.39 is 0 Å². The van der Waals surface area contributed by atoms with Crippen molar-refractivity contribution in [2.45, 2.75) is 52.2 Å². The molecular weight excluding hydrogens is 258 g/mol. The van der Waals surface area contributed by atoms with E-state index in [4.69, 9.17) is 0 Å². The summed E-state index contributed by atoms with van der Waals surface area (Å²) in [6, 6.07) is 8.05. The van der Waals surface area contributed by atoms with Gasteiger partial charge in [-0.3, -0.25) is 0 Å². The van der Waals surface area contributed by atoms with E-state index in [-0.39, 0.29) is 0 Å². The Balaban J connectivity index is 2.13. The summed E-state index contributed by atoms with van der Waals surface area (Å²) in [5.41, 5.74) is 4.16. The number of nitrogens with one attached hydrogen (secondary N) is 1. The van der Waals surface area contributed by atoms with Gasteiger partial charge in [-0.05, 0) is 51.5 Å². The van der Waals surface area contributed by atoms with Gasteiger partial charge in [-0.2, -0.15) is 0 Å². The predicted octanol–water partition coefficient (Wildman–Crippen LogP) is 3.02. The molecule has 1 heterocycles. The van der Waals surface area contributed by atoms with Crippen LogP contribution in [-0.2, 0) is 6.54 Å². The Labute approximate surface area is 130 Å². The summed E-state index contributed by atoms with van der Waals surface area (Å²) >= 11 is 0. The first-order valence-corrected chi connectivity index (χ1v) is 8.21. The Morgan fingerprint density at radius 2 is 1.95 bits per heavy atom. The Morgan fingerprint density at radius 1 is 1.29 bits per heavy atom. The second kappa shape index (κ2) is 7.28. The minimum atomic E-state index is 0.520. The summed E-state index contributed by atoms with van der Waals surface area (Å²) in [6.45, 7) is 9.96. The van der Waals surface area contributed by atoms with Crippen LogP contribution in [0.25, 0.3) is 0 Å². The number of aryl methyl sites for hydroxylation is 1. The minimum absolute atomic E-state index is 0.520. The molecule has 0 amide bonds. The fraction of sp³-hybridized carbons (Fsp3) is 0.667. The van der Waals surface area contributed by atoms with E-state index in [0.717, 1.165) is 6.54 Å². The van der Waals surface area contributed by atoms with Crippen LogP contribution in [0.1, 0.15) is 37.8 Å². The highest BCUT2D eigenvalue weighted by Crippen LogP contribution is 2.26. The summed E-state index contributed by atoms with van der Waals surface area (Å²) in [6.07, 6.45) is 2.52. The number of benzene rings is 1. The molecule has 1 aromatic rings. The van der Waals surface area contributed by atoms with Gasteiger partial charge in [0.25, 0.3) is 0 Å². The molecule has 1 N–H and O–H groups in total. The average molecular weight is 289 g/mol. The van der Waals surface area contributed by atoms with Crippen molar-refractivity contribution in [3.8, 4) is 0 Å². The fourth-order valence-electron chi connectivity index (χ4n) is 3.09. The van der Waals surface area contributed by atoms with Crippen molar-refractivity contribution >= 4 is 5.69 Å². The van der Waals surface area contributed by atoms with Crippen LogP contribution in [0.15, 0.2) is 18.2 Å². The number of likely N-dealkylation sites (tertiary alicyclic amines) is 1. The zero-order chi connectivity index (χ0) is 15.4. The molecule has 1 aliphatic rings. The van der Waals surface area contributed by atoms with Crippen molar-refractivity contribution in [3.05, 3.63) is 29.3 Å². The van der Waals surface area contributed by atoms with Crippen molar-refractivity contribution in [1.82, 2.24) is 10.2 Å². The molecule has 0 aromatic heterocycles. The number of nitrogens with zero attached hydrogens (tertiary/aromatic N) is 2. The molecule has 0 unspecified atom stereocenters. The van der Waals surface area contributed by atoms with Crippen LogP contribution >= 0.6 is 0 Å². The SMILES string of the molecule is Cc1ccc(N(C)C2CCN(C)CC2)c(CNC(C)C)c1. The maximum Gasteiger partial charge on any atom is 0.0411 e. The van der Waals surface area contributed by atoms with Gasteiger partial charge in [0.15, 0.2) is 0 Å². The molecule has 0 saturated carbocycles. The first kappa shape index (κ1) is 16.3. The molecule has 3 heteroatoms. The first-order chi connectivity index (χ1) is 9.97. The second-order valence-electron chi connectivity index (χ2n) is 6.81. The molecule has 2 rings (SSSR count). The second-order valence-corrected chi connectivity index (χ2v) is 6.81. The molecule has 0 aliphatic carbocycles. The molecule has 0 atom stereocenters. The van der Waals surface area contributed by atoms with Gasteiger partial charge < -0.3 is 15.1 Å². The van der Waals surface area contributed by atoms with Crippen LogP contribution in [0, 0.1) is 6.92 Å². The highest BCUT2D eigenvalue weighted by Gasteiger charge is 2.22. The third-order valence-corrected chi connectivity index (χ3v) is 4.55. The molecule has 0 spiro atoms. The van der Waals surface area contributed by atoms with Crippen molar-refractivity contribution in [1.29, 1.82) is 0 Å². The van der Waals surface area contributed by atoms with Crippen LogP contribution in [-0.4, -0.2) is 44.2 Å². The van der Waals surface area contributed by atoms with Crippen molar-refractivity contribution in [2.24, 2.45) is 0 Å². The Bertz CT molecular complexity index is 448. The Morgan fingerprint density at radius 3 is 2.57 bits per heavy atom. The van der Waals surface area contributed by atoms with E-state index in [1.807, 2.05) is 0 Å². The highest BCUT2D eigenvalue weighted by atomic mass is 15.2. The molecule has 1 saturated heterocycles. The quantitative estimate of drug-likeness (QED) is 0.899. The highest BCUT2D eigenvalue weighted by molar-refractivity contribution is 5.55. The maximum absolute atomic E-state index is 3.56. The summed E-state index contributed by atoms with van der Waals surface area (Å²) in [5.74, 6) is 0. The number of anilines is 1. The zero-order valence-corrected chi connectivity index (χ0v) is 14.3. The standard InChI is InChI=1S/C18H31N3/c1-14(2)19-13-16-12-15(3)6-7-18(16)21(5)17-8-10-20(4)11-9-17/h6-7,12,14,17,19H,8-11,13H2,1-5H3. The number of hydrogen-bond donors (Lipinski definition) is 1. The molecular formula is C18H31N3. The maximum atomic E-state index is 3.56. The van der Waals surface area contributed by atoms with Gasteiger partial charge in [-0.1, -0.05) is 31.5 Å². The molecule has 1 aliphatic heterocycles. The lowest BCUT2D eigenvalue weighted by atomic mass is 10.0. The van der Waals surface area contributed by atoms with Gasteiger partial charge in [-0.15, -0.1) is 0 Å². The first-order valence-electron chi connectivity index (χ1n) is 8.21. The largest absolute Gasteiger partial charge is 0.371 e. The van der Waals surface area contributed by atoms with Gasteiger partial charge in [0, 0.05) is 31.4 Å². The predicted molar refractivity (Wildman–Crippen MR) is 92.1 cm³/mol. The van der Waals surface area contributed by atoms with E-state index in [9.17, 15) is 0 Å². The van der Waals surface area contributed by atoms with Gasteiger partial charge in [0.2, 0.25) is 0 Å². The van der Waals surface area contributed by atoms with Gasteiger partial charge in [0.05, 0.1) is 0 Å². The van der Waals surface area contributed by atoms with Crippen LogP contribution in [0.5, 0.6) is 0 Å². The van der Waals surface area contributed by atoms with Crippen molar-refractivity contribution in [2.75, 3.05) is 32.1 Å². The lowest BCUT2D eigenvalue weighted by Gasteiger charge is -2.37. The lowest BCUT2D eigenvalue weighted by molar-refractivity contribution is 0.252. The van der Waals surface area contributed by atoms with Crippen LogP contribution in [0.2, 0.25) is 0 Å². The average Bonchev–Trinajstić information content (AvgIpc) is 2.45. The molecule has 118 valence electrons. The summed E-state index contributed by atoms with van der Waals surface area (Å²) in [4.78, 5) is 4.94. The van der Waals surface area contributed by atoms with Crippen molar-refractivity contribution < 1.29 is 0 Å². The molecule has 1 fully saturated rings. The third-order valence-electron chi connectivity index (χ3n) is 4.55. The zero-order valence-electron chi connectivity index (χ0n) is 14.3. The molecule has 21 heavy (non-hydrogen) atoms. The van der Waals surface area contributed by atoms with Crippen LogP contribution in [0.4, 0.5) is 5.69 Å². The van der Waals surface area contributed by atoms with E-state index >= 15 is 0 Å². The van der Waals surface area contributed by atoms with Gasteiger partial charge in [0.1, 0.15) is 0 Å². The third kappa shape index (κ3) is 4.45. The Kier molecular flexibility index (Phi) is 5.65. The van der Waals surface area contributed by atoms with Gasteiger partial charge in [-0.25, -0.2) is 0 Å². The monoisotopic (exact) mass is 289 g/mol. The van der Waals surface area contributed by atoms with E-state index in [1.54, 1.807) is 0 Å². The van der Waals surface area contributed by atoms with E-state index in [2.05, 4.69) is 68.2 Å². The molecule has 1 aromatic carbocycles. The van der Waals surface area contributed by atoms with Crippen molar-refractivity contribution in [3.63, 3.8) is 0 Å². The fourth-order valence-corrected chi connectivity index (χ4v) is 3.09. The minimum Gasteiger partial charge on any atom is -0.371 e. The van der Waals surface area contributed by atoms with Crippen LogP contribution in [0.3, 0.4) is 0 Å². The molecule has 0 bridgehead atoms. The number of piperidine rings is 1. The molecule has 0 radical (unpaired) electrons. The summed E-state index contributed by atoms with van der Waals surface area (Å²) in [5, 5.41) is 3.56. The number of rotatable bonds is 5. The number of hydrogen-bond acceptors (Lipinski definition) is 3. The smallest absolute Gasteiger partial charge is 0.0411 e. The van der Waals surface area contributed by atoms with Gasteiger partial charge >= 0.3 is 0 Å².